The molecule has 0 saturated heterocycles. The van der Waals surface area contributed by atoms with Crippen molar-refractivity contribution < 1.29 is 0 Å². The SMILES string of the molecule is c1ccc(-n2c3ccccc3c3c(-c4ccc(N(c5ccc(-c6cccc7c6c6ccccc6n7-c6ccccc6)cc5)c5cccc6c5C5(c7ccccc7-c7ccccc75)c5ccccc5-6)cc4)cccc32)cc1. The molecule has 354 valence electrons. The maximum Gasteiger partial charge on any atom is 0.0746 e. The Bertz CT molecular complexity index is 4350. The van der Waals surface area contributed by atoms with E-state index in [1.54, 1.807) is 0 Å². The third kappa shape index (κ3) is 5.94. The van der Waals surface area contributed by atoms with Gasteiger partial charge in [-0.3, -0.25) is 0 Å². The molecule has 0 N–H and O–H groups in total. The van der Waals surface area contributed by atoms with Crippen molar-refractivity contribution in [1.82, 2.24) is 9.13 Å². The van der Waals surface area contributed by atoms with E-state index in [1.807, 2.05) is 0 Å². The minimum atomic E-state index is -0.543. The number of benzene rings is 12. The Morgan fingerprint density at radius 3 is 1.09 bits per heavy atom. The van der Waals surface area contributed by atoms with Gasteiger partial charge in [0.05, 0.1) is 33.2 Å². The molecule has 1 spiro atoms. The van der Waals surface area contributed by atoms with Crippen LogP contribution in [0.3, 0.4) is 0 Å². The molecule has 14 aromatic rings. The van der Waals surface area contributed by atoms with Crippen molar-refractivity contribution in [2.45, 2.75) is 5.41 Å². The molecule has 0 saturated carbocycles. The Labute approximate surface area is 441 Å². The lowest BCUT2D eigenvalue weighted by molar-refractivity contribution is 0.793. The van der Waals surface area contributed by atoms with Gasteiger partial charge in [0, 0.05) is 49.9 Å². The van der Waals surface area contributed by atoms with Crippen LogP contribution in [0.5, 0.6) is 0 Å². The van der Waals surface area contributed by atoms with E-state index in [1.165, 1.54) is 110 Å². The summed E-state index contributed by atoms with van der Waals surface area (Å²) in [5, 5.41) is 4.99. The average molecular weight is 966 g/mol. The molecule has 2 aromatic heterocycles. The van der Waals surface area contributed by atoms with Crippen molar-refractivity contribution in [3.05, 3.63) is 307 Å². The lowest BCUT2D eigenvalue weighted by Gasteiger charge is -2.36. The van der Waals surface area contributed by atoms with E-state index in [0.29, 0.717) is 0 Å². The summed E-state index contributed by atoms with van der Waals surface area (Å²) in [6, 6.07) is 106. The highest BCUT2D eigenvalue weighted by Crippen LogP contribution is 2.65. The summed E-state index contributed by atoms with van der Waals surface area (Å²) in [4.78, 5) is 2.52. The second-order valence-electron chi connectivity index (χ2n) is 20.3. The van der Waals surface area contributed by atoms with E-state index in [2.05, 4.69) is 299 Å². The maximum absolute atomic E-state index is 2.52. The van der Waals surface area contributed by atoms with Gasteiger partial charge in [0.15, 0.2) is 0 Å². The number of hydrogen-bond acceptors (Lipinski definition) is 1. The van der Waals surface area contributed by atoms with Gasteiger partial charge in [0.1, 0.15) is 0 Å². The third-order valence-electron chi connectivity index (χ3n) is 16.5. The first-order valence-corrected chi connectivity index (χ1v) is 26.3. The molecule has 2 aliphatic rings. The molecule has 0 amide bonds. The summed E-state index contributed by atoms with van der Waals surface area (Å²) in [6.07, 6.45) is 0. The minimum Gasteiger partial charge on any atom is -0.310 e. The molecule has 76 heavy (non-hydrogen) atoms. The second kappa shape index (κ2) is 16.5. The van der Waals surface area contributed by atoms with Crippen molar-refractivity contribution in [2.75, 3.05) is 4.90 Å². The molecular formula is C73H47N3. The van der Waals surface area contributed by atoms with Crippen molar-refractivity contribution in [2.24, 2.45) is 0 Å². The van der Waals surface area contributed by atoms with E-state index in [4.69, 9.17) is 0 Å². The van der Waals surface area contributed by atoms with E-state index >= 15 is 0 Å². The van der Waals surface area contributed by atoms with Gasteiger partial charge in [0.2, 0.25) is 0 Å². The van der Waals surface area contributed by atoms with E-state index in [-0.39, 0.29) is 0 Å². The second-order valence-corrected chi connectivity index (χ2v) is 20.3. The number of hydrogen-bond donors (Lipinski definition) is 0. The number of fused-ring (bicyclic) bond motifs is 16. The molecule has 3 heteroatoms. The number of aromatic nitrogens is 2. The fourth-order valence-corrected chi connectivity index (χ4v) is 13.6. The number of anilines is 3. The van der Waals surface area contributed by atoms with Gasteiger partial charge in [-0.2, -0.15) is 0 Å². The Kier molecular flexibility index (Phi) is 9.25. The molecular weight excluding hydrogens is 919 g/mol. The van der Waals surface area contributed by atoms with Crippen LogP contribution < -0.4 is 4.90 Å². The number of para-hydroxylation sites is 4. The van der Waals surface area contributed by atoms with Crippen LogP contribution in [0.15, 0.2) is 285 Å². The quantitative estimate of drug-likeness (QED) is 0.155. The van der Waals surface area contributed by atoms with Crippen LogP contribution in [0.2, 0.25) is 0 Å². The highest BCUT2D eigenvalue weighted by atomic mass is 15.1. The highest BCUT2D eigenvalue weighted by molar-refractivity contribution is 6.17. The largest absolute Gasteiger partial charge is 0.310 e. The zero-order chi connectivity index (χ0) is 49.9. The highest BCUT2D eigenvalue weighted by Gasteiger charge is 2.53. The lowest BCUT2D eigenvalue weighted by atomic mass is 9.70. The van der Waals surface area contributed by atoms with Crippen molar-refractivity contribution >= 4 is 60.7 Å². The zero-order valence-corrected chi connectivity index (χ0v) is 41.5. The first-order valence-electron chi connectivity index (χ1n) is 26.3. The topological polar surface area (TPSA) is 13.1 Å². The van der Waals surface area contributed by atoms with E-state index in [9.17, 15) is 0 Å². The van der Waals surface area contributed by atoms with Crippen LogP contribution in [0.4, 0.5) is 17.1 Å². The van der Waals surface area contributed by atoms with Gasteiger partial charge in [-0.25, -0.2) is 0 Å². The first-order chi connectivity index (χ1) is 37.8. The minimum absolute atomic E-state index is 0.543. The molecule has 16 rings (SSSR count). The standard InChI is InChI=1S/C73H47N3/c1-3-20-50(21-4-1)75-65-35-15-10-27-60(65)70-54(29-17-37-67(70)75)48-40-44-52(45-41-48)74(53-46-42-49(43-47-53)55-30-18-38-68-71(55)61-28-11-16-36-66(61)76(68)51-22-5-2-6-23-51)69-39-19-31-59-58-26-9-14-34-64(58)73(72(59)69)62-32-12-7-24-56(62)57-25-8-13-33-63(57)73/h1-47H. The fraction of sp³-hybridized carbons (Fsp3) is 0.0137. The van der Waals surface area contributed by atoms with Crippen LogP contribution in [0.25, 0.3) is 99.5 Å². The van der Waals surface area contributed by atoms with E-state index < -0.39 is 5.41 Å². The summed E-state index contributed by atoms with van der Waals surface area (Å²) < 4.78 is 4.80. The summed E-state index contributed by atoms with van der Waals surface area (Å²) >= 11 is 0. The molecule has 0 unspecified atom stereocenters. The van der Waals surface area contributed by atoms with Crippen LogP contribution in [0, 0.1) is 0 Å². The van der Waals surface area contributed by atoms with Gasteiger partial charge < -0.3 is 14.0 Å². The summed E-state index contributed by atoms with van der Waals surface area (Å²) in [5.41, 5.74) is 25.0. The summed E-state index contributed by atoms with van der Waals surface area (Å²) in [7, 11) is 0. The Morgan fingerprint density at radius 2 is 0.618 bits per heavy atom. The Hall–Kier alpha value is -9.96. The molecule has 2 aliphatic carbocycles. The van der Waals surface area contributed by atoms with Crippen molar-refractivity contribution in [3.8, 4) is 55.9 Å². The maximum atomic E-state index is 2.52. The predicted molar refractivity (Wildman–Crippen MR) is 317 cm³/mol. The summed E-state index contributed by atoms with van der Waals surface area (Å²) in [5.74, 6) is 0. The zero-order valence-electron chi connectivity index (χ0n) is 41.5. The van der Waals surface area contributed by atoms with Gasteiger partial charge in [-0.15, -0.1) is 0 Å². The third-order valence-corrected chi connectivity index (χ3v) is 16.5. The number of nitrogens with zero attached hydrogens (tertiary/aromatic N) is 3. The molecule has 2 heterocycles. The molecule has 12 aromatic carbocycles. The molecule has 0 atom stereocenters. The van der Waals surface area contributed by atoms with Crippen molar-refractivity contribution in [3.63, 3.8) is 0 Å². The Morgan fingerprint density at radius 1 is 0.263 bits per heavy atom. The van der Waals surface area contributed by atoms with Crippen LogP contribution in [-0.2, 0) is 5.41 Å². The van der Waals surface area contributed by atoms with Gasteiger partial charge >= 0.3 is 0 Å². The van der Waals surface area contributed by atoms with Crippen LogP contribution >= 0.6 is 0 Å². The molecule has 0 aliphatic heterocycles. The van der Waals surface area contributed by atoms with Gasteiger partial charge in [0.25, 0.3) is 0 Å². The van der Waals surface area contributed by atoms with Gasteiger partial charge in [-0.05, 0) is 140 Å². The summed E-state index contributed by atoms with van der Waals surface area (Å²) in [6.45, 7) is 0. The first kappa shape index (κ1) is 42.5. The average Bonchev–Trinajstić information content (AvgIpc) is 4.33. The van der Waals surface area contributed by atoms with Crippen LogP contribution in [-0.4, -0.2) is 9.13 Å². The fourth-order valence-electron chi connectivity index (χ4n) is 13.6. The normalized spacial score (nSPS) is 12.8. The van der Waals surface area contributed by atoms with Gasteiger partial charge in [-0.1, -0.05) is 206 Å². The molecule has 3 nitrogen and oxygen atoms in total. The molecule has 0 bridgehead atoms. The van der Waals surface area contributed by atoms with E-state index in [0.717, 1.165) is 28.4 Å². The smallest absolute Gasteiger partial charge is 0.0746 e. The molecule has 0 radical (unpaired) electrons. The van der Waals surface area contributed by atoms with Crippen molar-refractivity contribution in [1.29, 1.82) is 0 Å². The lowest BCUT2D eigenvalue weighted by Crippen LogP contribution is -2.28. The Balaban J connectivity index is 0.911. The van der Waals surface area contributed by atoms with Crippen LogP contribution in [0.1, 0.15) is 22.3 Å². The number of rotatable bonds is 7. The molecule has 0 fully saturated rings. The predicted octanol–water partition coefficient (Wildman–Crippen LogP) is 19.0. The monoisotopic (exact) mass is 965 g/mol.